The number of hydrogen-bond donors (Lipinski definition) is 0. The van der Waals surface area contributed by atoms with E-state index in [1.807, 2.05) is 48.5 Å². The van der Waals surface area contributed by atoms with Gasteiger partial charge in [-0.15, -0.1) is 0 Å². The molecule has 0 fully saturated rings. The highest BCUT2D eigenvalue weighted by molar-refractivity contribution is 6.31. The van der Waals surface area contributed by atoms with Crippen LogP contribution in [0.4, 0.5) is 0 Å². The van der Waals surface area contributed by atoms with Gasteiger partial charge in [-0.1, -0.05) is 48.5 Å². The fourth-order valence-electron chi connectivity index (χ4n) is 4.54. The van der Waals surface area contributed by atoms with Crippen LogP contribution in [0.15, 0.2) is 88.6 Å². The van der Waals surface area contributed by atoms with E-state index in [4.69, 9.17) is 25.5 Å². The molecule has 1 aromatic heterocycles. The number of fused-ring (bicyclic) bond motifs is 2. The van der Waals surface area contributed by atoms with Crippen LogP contribution < -0.4 is 14.9 Å². The first-order valence-electron chi connectivity index (χ1n) is 11.5. The SMILES string of the molecule is C=CCOc1cccc(C2c3c(oc4ccc(Cl)cc4c3=O)C(=O)N2CCc2ccc(OC)cc2)c1. The van der Waals surface area contributed by atoms with Crippen LogP contribution in [0.5, 0.6) is 11.5 Å². The fourth-order valence-corrected chi connectivity index (χ4v) is 4.71. The zero-order valence-electron chi connectivity index (χ0n) is 19.7. The minimum absolute atomic E-state index is 0.0620. The van der Waals surface area contributed by atoms with Gasteiger partial charge in [-0.05, 0) is 60.0 Å². The van der Waals surface area contributed by atoms with E-state index in [-0.39, 0.29) is 17.1 Å². The first-order valence-corrected chi connectivity index (χ1v) is 11.9. The number of nitrogens with zero attached hydrogens (tertiary/aromatic N) is 1. The minimum atomic E-state index is -0.627. The minimum Gasteiger partial charge on any atom is -0.497 e. The molecule has 7 heteroatoms. The van der Waals surface area contributed by atoms with Crippen molar-refractivity contribution in [3.8, 4) is 11.5 Å². The predicted molar refractivity (Wildman–Crippen MR) is 139 cm³/mol. The molecular weight excluding hydrogens is 478 g/mol. The highest BCUT2D eigenvalue weighted by Gasteiger charge is 2.42. The molecule has 0 bridgehead atoms. The van der Waals surface area contributed by atoms with Crippen molar-refractivity contribution in [3.63, 3.8) is 0 Å². The molecule has 2 heterocycles. The van der Waals surface area contributed by atoms with Gasteiger partial charge in [-0.3, -0.25) is 9.59 Å². The van der Waals surface area contributed by atoms with Gasteiger partial charge < -0.3 is 18.8 Å². The van der Waals surface area contributed by atoms with E-state index in [2.05, 4.69) is 6.58 Å². The number of benzene rings is 3. The Hall–Kier alpha value is -4.03. The van der Waals surface area contributed by atoms with Crippen molar-refractivity contribution in [2.45, 2.75) is 12.5 Å². The monoisotopic (exact) mass is 501 g/mol. The summed E-state index contributed by atoms with van der Waals surface area (Å²) in [5.74, 6) is 1.12. The van der Waals surface area contributed by atoms with Gasteiger partial charge in [0.05, 0.1) is 24.1 Å². The molecule has 1 aliphatic heterocycles. The number of carbonyl (C=O) groups is 1. The van der Waals surface area contributed by atoms with E-state index in [9.17, 15) is 9.59 Å². The lowest BCUT2D eigenvalue weighted by Crippen LogP contribution is -2.31. The second-order valence-electron chi connectivity index (χ2n) is 8.49. The Balaban J connectivity index is 1.59. The molecule has 1 atom stereocenters. The first kappa shape index (κ1) is 23.7. The van der Waals surface area contributed by atoms with Gasteiger partial charge in [0, 0.05) is 11.6 Å². The van der Waals surface area contributed by atoms with Crippen molar-refractivity contribution in [2.24, 2.45) is 0 Å². The van der Waals surface area contributed by atoms with E-state index in [1.165, 1.54) is 0 Å². The molecule has 182 valence electrons. The average Bonchev–Trinajstić information content (AvgIpc) is 3.18. The highest BCUT2D eigenvalue weighted by atomic mass is 35.5. The average molecular weight is 502 g/mol. The van der Waals surface area contributed by atoms with Crippen molar-refractivity contribution in [2.75, 3.05) is 20.3 Å². The lowest BCUT2D eigenvalue weighted by molar-refractivity contribution is 0.0730. The molecule has 1 aliphatic rings. The Morgan fingerprint density at radius 1 is 1.06 bits per heavy atom. The molecule has 1 unspecified atom stereocenters. The normalized spacial score (nSPS) is 14.7. The van der Waals surface area contributed by atoms with Crippen LogP contribution in [-0.4, -0.2) is 31.1 Å². The Kier molecular flexibility index (Phi) is 6.53. The van der Waals surface area contributed by atoms with Crippen LogP contribution in [-0.2, 0) is 6.42 Å². The molecule has 0 saturated carbocycles. The van der Waals surface area contributed by atoms with Crippen molar-refractivity contribution >= 4 is 28.5 Å². The molecule has 1 amide bonds. The van der Waals surface area contributed by atoms with Crippen molar-refractivity contribution in [1.29, 1.82) is 0 Å². The third-order valence-corrected chi connectivity index (χ3v) is 6.50. The number of halogens is 1. The van der Waals surface area contributed by atoms with E-state index < -0.39 is 6.04 Å². The van der Waals surface area contributed by atoms with Gasteiger partial charge in [0.2, 0.25) is 5.76 Å². The number of amides is 1. The maximum absolute atomic E-state index is 13.7. The van der Waals surface area contributed by atoms with Gasteiger partial charge in [0.25, 0.3) is 5.91 Å². The maximum atomic E-state index is 13.7. The third-order valence-electron chi connectivity index (χ3n) is 6.27. The second-order valence-corrected chi connectivity index (χ2v) is 8.92. The van der Waals surface area contributed by atoms with Crippen LogP contribution in [0, 0.1) is 0 Å². The molecule has 0 saturated heterocycles. The molecule has 0 aliphatic carbocycles. The number of rotatable bonds is 8. The number of carbonyl (C=O) groups excluding carboxylic acids is 1. The van der Waals surface area contributed by atoms with Crippen molar-refractivity contribution < 1.29 is 18.7 Å². The van der Waals surface area contributed by atoms with E-state index in [1.54, 1.807) is 36.3 Å². The zero-order valence-corrected chi connectivity index (χ0v) is 20.5. The van der Waals surface area contributed by atoms with Gasteiger partial charge in [-0.25, -0.2) is 0 Å². The molecule has 36 heavy (non-hydrogen) atoms. The van der Waals surface area contributed by atoms with E-state index in [0.29, 0.717) is 46.9 Å². The summed E-state index contributed by atoms with van der Waals surface area (Å²) < 4.78 is 17.0. The zero-order chi connectivity index (χ0) is 25.2. The summed E-state index contributed by atoms with van der Waals surface area (Å²) in [6.07, 6.45) is 2.25. The standard InChI is InChI=1S/C29H24ClNO5/c1-3-15-35-22-6-4-5-19(16-22)26-25-27(32)23-17-20(30)9-12-24(23)36-28(25)29(33)31(26)14-13-18-7-10-21(34-2)11-8-18/h3-12,16-17,26H,1,13-15H2,2H3. The predicted octanol–water partition coefficient (Wildman–Crippen LogP) is 5.81. The Bertz CT molecular complexity index is 1510. The van der Waals surface area contributed by atoms with Gasteiger partial charge >= 0.3 is 0 Å². The van der Waals surface area contributed by atoms with Crippen molar-refractivity contribution in [3.05, 3.63) is 117 Å². The number of methoxy groups -OCH3 is 1. The highest BCUT2D eigenvalue weighted by Crippen LogP contribution is 2.39. The Labute approximate surface area is 213 Å². The molecule has 4 aromatic rings. The molecule has 0 N–H and O–H groups in total. The summed E-state index contributed by atoms with van der Waals surface area (Å²) in [5, 5.41) is 0.766. The second kappa shape index (κ2) is 9.91. The molecule has 0 radical (unpaired) electrons. The van der Waals surface area contributed by atoms with Crippen molar-refractivity contribution in [1.82, 2.24) is 4.90 Å². The quantitative estimate of drug-likeness (QED) is 0.285. The summed E-state index contributed by atoms with van der Waals surface area (Å²) in [7, 11) is 1.62. The molecule has 0 spiro atoms. The molecule has 6 nitrogen and oxygen atoms in total. The van der Waals surface area contributed by atoms with Crippen LogP contribution in [0.25, 0.3) is 11.0 Å². The van der Waals surface area contributed by atoms with Gasteiger partial charge in [0.15, 0.2) is 5.43 Å². The lowest BCUT2D eigenvalue weighted by atomic mass is 9.98. The van der Waals surface area contributed by atoms with Crippen LogP contribution in [0.3, 0.4) is 0 Å². The summed E-state index contributed by atoms with van der Waals surface area (Å²) in [6, 6.07) is 19.3. The van der Waals surface area contributed by atoms with Crippen LogP contribution in [0.2, 0.25) is 5.02 Å². The van der Waals surface area contributed by atoms with Gasteiger partial charge in [-0.2, -0.15) is 0 Å². The summed E-state index contributed by atoms with van der Waals surface area (Å²) >= 11 is 6.17. The smallest absolute Gasteiger partial charge is 0.290 e. The van der Waals surface area contributed by atoms with Gasteiger partial charge in [0.1, 0.15) is 23.7 Å². The fraction of sp³-hybridized carbons (Fsp3) is 0.172. The summed E-state index contributed by atoms with van der Waals surface area (Å²) in [4.78, 5) is 29.0. The molecular formula is C29H24ClNO5. The molecule has 3 aromatic carbocycles. The Morgan fingerprint density at radius 2 is 1.86 bits per heavy atom. The van der Waals surface area contributed by atoms with Crippen LogP contribution >= 0.6 is 11.6 Å². The maximum Gasteiger partial charge on any atom is 0.290 e. The molecule has 5 rings (SSSR count). The third kappa shape index (κ3) is 4.36. The first-order chi connectivity index (χ1) is 17.5. The van der Waals surface area contributed by atoms with Crippen LogP contribution in [0.1, 0.15) is 33.3 Å². The van der Waals surface area contributed by atoms with E-state index in [0.717, 1.165) is 16.9 Å². The largest absolute Gasteiger partial charge is 0.497 e. The lowest BCUT2D eigenvalue weighted by Gasteiger charge is -2.25. The number of ether oxygens (including phenoxy) is 2. The summed E-state index contributed by atoms with van der Waals surface area (Å²) in [5.41, 5.74) is 2.17. The number of hydrogen-bond acceptors (Lipinski definition) is 5. The Morgan fingerprint density at radius 3 is 2.61 bits per heavy atom. The summed E-state index contributed by atoms with van der Waals surface area (Å²) in [6.45, 7) is 4.42. The van der Waals surface area contributed by atoms with E-state index >= 15 is 0 Å². The topological polar surface area (TPSA) is 69.0 Å².